The van der Waals surface area contributed by atoms with Gasteiger partial charge in [-0.2, -0.15) is 0 Å². The van der Waals surface area contributed by atoms with E-state index in [1.165, 1.54) is 11.3 Å². The molecular formula is C13H13BrO2S. The van der Waals surface area contributed by atoms with E-state index < -0.39 is 12.2 Å². The number of alkyl halides is 1. The van der Waals surface area contributed by atoms with Crippen molar-refractivity contribution in [2.24, 2.45) is 0 Å². The van der Waals surface area contributed by atoms with Crippen LogP contribution in [0.4, 0.5) is 0 Å². The largest absolute Gasteiger partial charge is 0.389 e. The van der Waals surface area contributed by atoms with Crippen LogP contribution in [-0.4, -0.2) is 21.6 Å². The normalized spacial score (nSPS) is 14.5. The van der Waals surface area contributed by atoms with Crippen molar-refractivity contribution in [3.05, 3.63) is 47.3 Å². The molecule has 1 aromatic heterocycles. The van der Waals surface area contributed by atoms with Gasteiger partial charge < -0.3 is 10.2 Å². The molecule has 2 unspecified atom stereocenters. The maximum absolute atomic E-state index is 9.88. The first-order valence-corrected chi connectivity index (χ1v) is 7.23. The van der Waals surface area contributed by atoms with Gasteiger partial charge in [0.1, 0.15) is 6.10 Å². The van der Waals surface area contributed by atoms with Crippen LogP contribution in [0.3, 0.4) is 0 Å². The highest BCUT2D eigenvalue weighted by Crippen LogP contribution is 2.32. The van der Waals surface area contributed by atoms with Crippen LogP contribution in [0.1, 0.15) is 11.0 Å². The highest BCUT2D eigenvalue weighted by Gasteiger charge is 2.19. The Kier molecular flexibility index (Phi) is 4.34. The SMILES string of the molecule is OC(CBr)C(O)c1ccc(-c2ccccc2)s1. The van der Waals surface area contributed by atoms with Crippen molar-refractivity contribution in [1.29, 1.82) is 0 Å². The van der Waals surface area contributed by atoms with Crippen molar-refractivity contribution < 1.29 is 10.2 Å². The third-order valence-corrected chi connectivity index (χ3v) is 4.37. The number of thiophene rings is 1. The topological polar surface area (TPSA) is 40.5 Å². The molecule has 17 heavy (non-hydrogen) atoms. The van der Waals surface area contributed by atoms with E-state index in [0.29, 0.717) is 5.33 Å². The summed E-state index contributed by atoms with van der Waals surface area (Å²) in [7, 11) is 0. The molecule has 1 heterocycles. The molecule has 90 valence electrons. The number of halogens is 1. The monoisotopic (exact) mass is 312 g/mol. The van der Waals surface area contributed by atoms with Crippen molar-refractivity contribution in [2.75, 3.05) is 5.33 Å². The summed E-state index contributed by atoms with van der Waals surface area (Å²) in [6.45, 7) is 0. The summed E-state index contributed by atoms with van der Waals surface area (Å²) < 4.78 is 0. The summed E-state index contributed by atoms with van der Waals surface area (Å²) in [6, 6.07) is 13.8. The predicted molar refractivity (Wildman–Crippen MR) is 74.5 cm³/mol. The van der Waals surface area contributed by atoms with Gasteiger partial charge in [0.25, 0.3) is 0 Å². The number of aliphatic hydroxyl groups excluding tert-OH is 2. The Labute approximate surface area is 113 Å². The molecule has 4 heteroatoms. The molecule has 0 radical (unpaired) electrons. The van der Waals surface area contributed by atoms with Crippen molar-refractivity contribution >= 4 is 27.3 Å². The first kappa shape index (κ1) is 12.8. The molecule has 2 atom stereocenters. The summed E-state index contributed by atoms with van der Waals surface area (Å²) >= 11 is 4.67. The zero-order valence-electron chi connectivity index (χ0n) is 9.08. The zero-order valence-corrected chi connectivity index (χ0v) is 11.5. The number of hydrogen-bond acceptors (Lipinski definition) is 3. The van der Waals surface area contributed by atoms with Crippen LogP contribution >= 0.6 is 27.3 Å². The number of benzene rings is 1. The summed E-state index contributed by atoms with van der Waals surface area (Å²) in [5, 5.41) is 19.8. The minimum Gasteiger partial charge on any atom is -0.389 e. The quantitative estimate of drug-likeness (QED) is 0.851. The van der Waals surface area contributed by atoms with E-state index in [1.54, 1.807) is 0 Å². The Hall–Kier alpha value is -0.680. The van der Waals surface area contributed by atoms with Gasteiger partial charge in [0.15, 0.2) is 0 Å². The molecule has 0 aliphatic carbocycles. The van der Waals surface area contributed by atoms with Crippen LogP contribution in [0.15, 0.2) is 42.5 Å². The van der Waals surface area contributed by atoms with Crippen molar-refractivity contribution in [3.8, 4) is 10.4 Å². The molecule has 0 spiro atoms. The van der Waals surface area contributed by atoms with Crippen LogP contribution in [0.2, 0.25) is 0 Å². The average Bonchev–Trinajstić information content (AvgIpc) is 2.87. The Morgan fingerprint density at radius 1 is 1.06 bits per heavy atom. The van der Waals surface area contributed by atoms with Crippen LogP contribution < -0.4 is 0 Å². The van der Waals surface area contributed by atoms with E-state index in [1.807, 2.05) is 42.5 Å². The lowest BCUT2D eigenvalue weighted by molar-refractivity contribution is 0.0366. The third kappa shape index (κ3) is 2.96. The smallest absolute Gasteiger partial charge is 0.115 e. The van der Waals surface area contributed by atoms with E-state index in [2.05, 4.69) is 15.9 Å². The maximum Gasteiger partial charge on any atom is 0.115 e. The van der Waals surface area contributed by atoms with Gasteiger partial charge in [-0.3, -0.25) is 0 Å². The molecule has 0 saturated carbocycles. The molecule has 1 aromatic carbocycles. The van der Waals surface area contributed by atoms with E-state index in [-0.39, 0.29) is 0 Å². The number of rotatable bonds is 4. The second-order valence-corrected chi connectivity index (χ2v) is 5.50. The molecule has 2 N–H and O–H groups in total. The first-order chi connectivity index (χ1) is 8.22. The summed E-state index contributed by atoms with van der Waals surface area (Å²) in [4.78, 5) is 1.89. The summed E-state index contributed by atoms with van der Waals surface area (Å²) in [6.07, 6.45) is -1.59. The summed E-state index contributed by atoms with van der Waals surface area (Å²) in [5.41, 5.74) is 1.13. The van der Waals surface area contributed by atoms with E-state index in [4.69, 9.17) is 0 Å². The molecule has 0 amide bonds. The fourth-order valence-corrected chi connectivity index (χ4v) is 2.96. The first-order valence-electron chi connectivity index (χ1n) is 5.29. The van der Waals surface area contributed by atoms with Crippen LogP contribution in [0, 0.1) is 0 Å². The van der Waals surface area contributed by atoms with Crippen molar-refractivity contribution in [3.63, 3.8) is 0 Å². The minimum atomic E-state index is -0.822. The fourth-order valence-electron chi connectivity index (χ4n) is 1.54. The van der Waals surface area contributed by atoms with Gasteiger partial charge in [-0.15, -0.1) is 11.3 Å². The third-order valence-electron chi connectivity index (χ3n) is 2.50. The number of hydrogen-bond donors (Lipinski definition) is 2. The zero-order chi connectivity index (χ0) is 12.3. The lowest BCUT2D eigenvalue weighted by Crippen LogP contribution is -2.18. The molecular weight excluding hydrogens is 300 g/mol. The second kappa shape index (κ2) is 5.78. The standard InChI is InChI=1S/C13H13BrO2S/c14-8-10(15)13(16)12-7-6-11(17-12)9-4-2-1-3-5-9/h1-7,10,13,15-16H,8H2. The van der Waals surface area contributed by atoms with Crippen LogP contribution in [-0.2, 0) is 0 Å². The van der Waals surface area contributed by atoms with E-state index >= 15 is 0 Å². The molecule has 0 saturated heterocycles. The molecule has 0 aliphatic rings. The lowest BCUT2D eigenvalue weighted by atomic mass is 10.2. The Morgan fingerprint density at radius 3 is 2.41 bits per heavy atom. The number of aliphatic hydroxyl groups is 2. The van der Waals surface area contributed by atoms with Crippen molar-refractivity contribution in [1.82, 2.24) is 0 Å². The molecule has 2 aromatic rings. The maximum atomic E-state index is 9.88. The molecule has 0 bridgehead atoms. The lowest BCUT2D eigenvalue weighted by Gasteiger charge is -2.13. The van der Waals surface area contributed by atoms with Crippen LogP contribution in [0.25, 0.3) is 10.4 Å². The van der Waals surface area contributed by atoms with Gasteiger partial charge in [-0.05, 0) is 17.7 Å². The molecule has 0 aliphatic heterocycles. The summed E-state index contributed by atoms with van der Waals surface area (Å²) in [5.74, 6) is 0. The average molecular weight is 313 g/mol. The van der Waals surface area contributed by atoms with Gasteiger partial charge in [0, 0.05) is 15.1 Å². The minimum absolute atomic E-state index is 0.368. The van der Waals surface area contributed by atoms with E-state index in [9.17, 15) is 10.2 Å². The van der Waals surface area contributed by atoms with Gasteiger partial charge >= 0.3 is 0 Å². The molecule has 2 rings (SSSR count). The Bertz CT molecular complexity index is 469. The Balaban J connectivity index is 2.22. The highest BCUT2D eigenvalue weighted by atomic mass is 79.9. The van der Waals surface area contributed by atoms with Crippen LogP contribution in [0.5, 0.6) is 0 Å². The molecule has 2 nitrogen and oxygen atoms in total. The highest BCUT2D eigenvalue weighted by molar-refractivity contribution is 9.09. The van der Waals surface area contributed by atoms with Gasteiger partial charge in [0.2, 0.25) is 0 Å². The van der Waals surface area contributed by atoms with Crippen molar-refractivity contribution in [2.45, 2.75) is 12.2 Å². The second-order valence-electron chi connectivity index (χ2n) is 3.73. The molecule has 0 fully saturated rings. The Morgan fingerprint density at radius 2 is 1.76 bits per heavy atom. The van der Waals surface area contributed by atoms with E-state index in [0.717, 1.165) is 15.3 Å². The fraction of sp³-hybridized carbons (Fsp3) is 0.231. The van der Waals surface area contributed by atoms with Gasteiger partial charge in [-0.1, -0.05) is 46.3 Å². The predicted octanol–water partition coefficient (Wildman–Crippen LogP) is 3.20. The van der Waals surface area contributed by atoms with Gasteiger partial charge in [-0.25, -0.2) is 0 Å². The van der Waals surface area contributed by atoms with Gasteiger partial charge in [0.05, 0.1) is 6.10 Å².